The van der Waals surface area contributed by atoms with Crippen LogP contribution in [0.15, 0.2) is 36.5 Å². The highest BCUT2D eigenvalue weighted by Crippen LogP contribution is 2.25. The van der Waals surface area contributed by atoms with E-state index in [2.05, 4.69) is 4.98 Å². The zero-order valence-electron chi connectivity index (χ0n) is 9.14. The normalized spacial score (nSPS) is 10.2. The maximum atomic E-state index is 13.2. The van der Waals surface area contributed by atoms with Crippen molar-refractivity contribution in [1.82, 2.24) is 4.98 Å². The number of hydrogen-bond donors (Lipinski definition) is 1. The smallest absolute Gasteiger partial charge is 0.337 e. The zero-order valence-corrected chi connectivity index (χ0v) is 9.14. The largest absolute Gasteiger partial charge is 0.478 e. The van der Waals surface area contributed by atoms with Gasteiger partial charge in [-0.05, 0) is 36.8 Å². The summed E-state index contributed by atoms with van der Waals surface area (Å²) in [6.45, 7) is 1.79. The third-order valence-corrected chi connectivity index (χ3v) is 2.49. The van der Waals surface area contributed by atoms with Gasteiger partial charge in [0.05, 0.1) is 11.3 Å². The quantitative estimate of drug-likeness (QED) is 0.864. The molecule has 0 bridgehead atoms. The molecule has 2 aromatic rings. The van der Waals surface area contributed by atoms with E-state index in [1.807, 2.05) is 0 Å². The van der Waals surface area contributed by atoms with E-state index in [0.717, 1.165) is 5.56 Å². The Hall–Kier alpha value is -2.23. The van der Waals surface area contributed by atoms with Crippen LogP contribution in [0.4, 0.5) is 4.39 Å². The van der Waals surface area contributed by atoms with E-state index in [4.69, 9.17) is 5.11 Å². The lowest BCUT2D eigenvalue weighted by atomic mass is 10.0. The SMILES string of the molecule is Cc1ccc(F)cc1-c1ncccc1C(=O)O. The van der Waals surface area contributed by atoms with Gasteiger partial charge in [-0.3, -0.25) is 4.98 Å². The minimum atomic E-state index is -1.07. The first kappa shape index (κ1) is 11.3. The molecular formula is C13H10FNO2. The Kier molecular flexibility index (Phi) is 2.87. The van der Waals surface area contributed by atoms with Crippen molar-refractivity contribution in [2.75, 3.05) is 0 Å². The summed E-state index contributed by atoms with van der Waals surface area (Å²) in [6, 6.07) is 7.23. The molecule has 1 aromatic carbocycles. The highest BCUT2D eigenvalue weighted by Gasteiger charge is 2.14. The Bertz CT molecular complexity index is 581. The van der Waals surface area contributed by atoms with E-state index in [9.17, 15) is 9.18 Å². The van der Waals surface area contributed by atoms with Gasteiger partial charge in [-0.25, -0.2) is 9.18 Å². The van der Waals surface area contributed by atoms with Gasteiger partial charge in [-0.15, -0.1) is 0 Å². The molecule has 0 unspecified atom stereocenters. The van der Waals surface area contributed by atoms with Crippen LogP contribution in [0.25, 0.3) is 11.3 Å². The van der Waals surface area contributed by atoms with Crippen molar-refractivity contribution in [1.29, 1.82) is 0 Å². The van der Waals surface area contributed by atoms with Gasteiger partial charge in [0.15, 0.2) is 0 Å². The lowest BCUT2D eigenvalue weighted by Crippen LogP contribution is -2.02. The van der Waals surface area contributed by atoms with Crippen LogP contribution in [0.1, 0.15) is 15.9 Å². The Morgan fingerprint density at radius 3 is 2.82 bits per heavy atom. The molecule has 2 rings (SSSR count). The second kappa shape index (κ2) is 4.33. The number of halogens is 1. The number of carboxylic acids is 1. The van der Waals surface area contributed by atoms with E-state index in [1.165, 1.54) is 24.4 Å². The van der Waals surface area contributed by atoms with Gasteiger partial charge in [0.2, 0.25) is 0 Å². The summed E-state index contributed by atoms with van der Waals surface area (Å²) >= 11 is 0. The zero-order chi connectivity index (χ0) is 12.4. The second-order valence-corrected chi connectivity index (χ2v) is 3.66. The average molecular weight is 231 g/mol. The molecule has 0 aliphatic rings. The van der Waals surface area contributed by atoms with Crippen LogP contribution >= 0.6 is 0 Å². The predicted octanol–water partition coefficient (Wildman–Crippen LogP) is 2.89. The molecule has 0 amide bonds. The van der Waals surface area contributed by atoms with Crippen LogP contribution in [0, 0.1) is 12.7 Å². The molecule has 0 spiro atoms. The highest BCUT2D eigenvalue weighted by molar-refractivity contribution is 5.95. The molecular weight excluding hydrogens is 221 g/mol. The van der Waals surface area contributed by atoms with Crippen molar-refractivity contribution in [3.05, 3.63) is 53.5 Å². The number of nitrogens with zero attached hydrogens (tertiary/aromatic N) is 1. The molecule has 0 saturated heterocycles. The van der Waals surface area contributed by atoms with Crippen LogP contribution in [-0.2, 0) is 0 Å². The van der Waals surface area contributed by atoms with E-state index >= 15 is 0 Å². The van der Waals surface area contributed by atoms with Gasteiger partial charge in [-0.1, -0.05) is 6.07 Å². The summed E-state index contributed by atoms with van der Waals surface area (Å²) in [7, 11) is 0. The number of aromatic nitrogens is 1. The molecule has 1 N–H and O–H groups in total. The summed E-state index contributed by atoms with van der Waals surface area (Å²) in [5, 5.41) is 9.05. The number of benzene rings is 1. The van der Waals surface area contributed by atoms with Crippen LogP contribution in [-0.4, -0.2) is 16.1 Å². The van der Waals surface area contributed by atoms with E-state index < -0.39 is 11.8 Å². The lowest BCUT2D eigenvalue weighted by molar-refractivity contribution is 0.0697. The van der Waals surface area contributed by atoms with Gasteiger partial charge in [0.1, 0.15) is 5.82 Å². The maximum absolute atomic E-state index is 13.2. The standard InChI is InChI=1S/C13H10FNO2/c1-8-4-5-9(14)7-11(8)12-10(13(16)17)3-2-6-15-12/h2-7H,1H3,(H,16,17). The van der Waals surface area contributed by atoms with Crippen molar-refractivity contribution in [2.24, 2.45) is 0 Å². The number of aryl methyl sites for hydroxylation is 1. The Morgan fingerprint density at radius 2 is 2.12 bits per heavy atom. The minimum Gasteiger partial charge on any atom is -0.478 e. The van der Waals surface area contributed by atoms with Crippen LogP contribution < -0.4 is 0 Å². The molecule has 17 heavy (non-hydrogen) atoms. The highest BCUT2D eigenvalue weighted by atomic mass is 19.1. The molecule has 0 saturated carbocycles. The fourth-order valence-corrected chi connectivity index (χ4v) is 1.64. The Labute approximate surface area is 97.6 Å². The second-order valence-electron chi connectivity index (χ2n) is 3.66. The lowest BCUT2D eigenvalue weighted by Gasteiger charge is -2.08. The monoisotopic (exact) mass is 231 g/mol. The Balaban J connectivity index is 2.68. The number of carbonyl (C=O) groups is 1. The fourth-order valence-electron chi connectivity index (χ4n) is 1.64. The molecule has 86 valence electrons. The first-order valence-corrected chi connectivity index (χ1v) is 5.04. The summed E-state index contributed by atoms with van der Waals surface area (Å²) in [6.07, 6.45) is 1.49. The van der Waals surface area contributed by atoms with Crippen LogP contribution in [0.3, 0.4) is 0 Å². The number of carboxylic acid groups (broad SMARTS) is 1. The summed E-state index contributed by atoms with van der Waals surface area (Å²) in [4.78, 5) is 15.1. The van der Waals surface area contributed by atoms with Gasteiger partial charge in [-0.2, -0.15) is 0 Å². The molecule has 1 aromatic heterocycles. The van der Waals surface area contributed by atoms with Crippen molar-refractivity contribution in [3.8, 4) is 11.3 Å². The van der Waals surface area contributed by atoms with E-state index in [-0.39, 0.29) is 11.3 Å². The maximum Gasteiger partial charge on any atom is 0.337 e. The summed E-state index contributed by atoms with van der Waals surface area (Å²) in [5.74, 6) is -1.48. The van der Waals surface area contributed by atoms with Gasteiger partial charge >= 0.3 is 5.97 Å². The van der Waals surface area contributed by atoms with Crippen molar-refractivity contribution < 1.29 is 14.3 Å². The number of hydrogen-bond acceptors (Lipinski definition) is 2. The van der Waals surface area contributed by atoms with Gasteiger partial charge in [0.25, 0.3) is 0 Å². The molecule has 0 radical (unpaired) electrons. The van der Waals surface area contributed by atoms with E-state index in [0.29, 0.717) is 5.56 Å². The van der Waals surface area contributed by atoms with E-state index in [1.54, 1.807) is 19.1 Å². The molecule has 3 nitrogen and oxygen atoms in total. The predicted molar refractivity (Wildman–Crippen MR) is 61.3 cm³/mol. The third kappa shape index (κ3) is 2.15. The number of rotatable bonds is 2. The first-order valence-electron chi connectivity index (χ1n) is 5.04. The molecule has 0 fully saturated rings. The number of aromatic carboxylic acids is 1. The summed E-state index contributed by atoms with van der Waals surface area (Å²) in [5.41, 5.74) is 1.65. The topological polar surface area (TPSA) is 50.2 Å². The van der Waals surface area contributed by atoms with Crippen molar-refractivity contribution in [2.45, 2.75) is 6.92 Å². The van der Waals surface area contributed by atoms with Crippen molar-refractivity contribution >= 4 is 5.97 Å². The van der Waals surface area contributed by atoms with Crippen molar-refractivity contribution in [3.63, 3.8) is 0 Å². The average Bonchev–Trinajstić information content (AvgIpc) is 2.32. The minimum absolute atomic E-state index is 0.0706. The first-order chi connectivity index (χ1) is 8.09. The summed E-state index contributed by atoms with van der Waals surface area (Å²) < 4.78 is 13.2. The van der Waals surface area contributed by atoms with Gasteiger partial charge < -0.3 is 5.11 Å². The molecule has 0 aliphatic carbocycles. The molecule has 0 atom stereocenters. The number of pyridine rings is 1. The molecule has 1 heterocycles. The molecule has 4 heteroatoms. The fraction of sp³-hybridized carbons (Fsp3) is 0.0769. The van der Waals surface area contributed by atoms with Crippen LogP contribution in [0.5, 0.6) is 0 Å². The van der Waals surface area contributed by atoms with Crippen LogP contribution in [0.2, 0.25) is 0 Å². The molecule has 0 aliphatic heterocycles. The van der Waals surface area contributed by atoms with Gasteiger partial charge in [0, 0.05) is 11.8 Å². The Morgan fingerprint density at radius 1 is 1.35 bits per heavy atom. The third-order valence-electron chi connectivity index (χ3n) is 2.49.